The fraction of sp³-hybridized carbons (Fsp3) is 0.143. The van der Waals surface area contributed by atoms with E-state index in [4.69, 9.17) is 10.5 Å². The number of non-ortho nitro benzene ring substituents is 1. The van der Waals surface area contributed by atoms with Gasteiger partial charge in [0.15, 0.2) is 0 Å². The van der Waals surface area contributed by atoms with Gasteiger partial charge in [0.1, 0.15) is 11.5 Å². The third-order valence-electron chi connectivity index (χ3n) is 2.74. The quantitative estimate of drug-likeness (QED) is 0.671. The average Bonchev–Trinajstić information content (AvgIpc) is 2.41. The van der Waals surface area contributed by atoms with E-state index in [1.807, 2.05) is 25.1 Å². The van der Waals surface area contributed by atoms with Crippen LogP contribution in [0.15, 0.2) is 46.9 Å². The lowest BCUT2D eigenvalue weighted by Crippen LogP contribution is -2.04. The van der Waals surface area contributed by atoms with Crippen molar-refractivity contribution in [1.82, 2.24) is 0 Å². The van der Waals surface area contributed by atoms with E-state index >= 15 is 0 Å². The standard InChI is InChI=1S/C14H13BrN2O3/c1-9(16)10-3-2-4-12(7-10)20-14-8-11(17(18)19)5-6-13(14)15/h2-9H,16H2,1H3. The van der Waals surface area contributed by atoms with E-state index in [1.54, 1.807) is 12.1 Å². The molecule has 0 spiro atoms. The molecule has 5 nitrogen and oxygen atoms in total. The van der Waals surface area contributed by atoms with Crippen molar-refractivity contribution in [3.05, 3.63) is 62.6 Å². The highest BCUT2D eigenvalue weighted by atomic mass is 79.9. The molecule has 2 N–H and O–H groups in total. The Morgan fingerprint density at radius 2 is 2.05 bits per heavy atom. The van der Waals surface area contributed by atoms with Crippen LogP contribution < -0.4 is 10.5 Å². The van der Waals surface area contributed by atoms with E-state index in [1.165, 1.54) is 12.1 Å². The Labute approximate surface area is 124 Å². The molecule has 104 valence electrons. The molecule has 0 radical (unpaired) electrons. The van der Waals surface area contributed by atoms with E-state index in [9.17, 15) is 10.1 Å². The first kappa shape index (κ1) is 14.5. The normalized spacial score (nSPS) is 11.9. The van der Waals surface area contributed by atoms with Crippen molar-refractivity contribution in [2.24, 2.45) is 5.73 Å². The molecule has 1 atom stereocenters. The third kappa shape index (κ3) is 3.34. The molecule has 1 unspecified atom stereocenters. The summed E-state index contributed by atoms with van der Waals surface area (Å²) in [5, 5.41) is 10.8. The second-order valence-electron chi connectivity index (χ2n) is 4.34. The van der Waals surface area contributed by atoms with Gasteiger partial charge in [0.25, 0.3) is 5.69 Å². The van der Waals surface area contributed by atoms with Gasteiger partial charge in [-0.2, -0.15) is 0 Å². The first-order chi connectivity index (χ1) is 9.47. The van der Waals surface area contributed by atoms with Crippen LogP contribution in [-0.2, 0) is 0 Å². The SMILES string of the molecule is CC(N)c1cccc(Oc2cc([N+](=O)[O-])ccc2Br)c1. The molecule has 0 fully saturated rings. The Balaban J connectivity index is 2.32. The summed E-state index contributed by atoms with van der Waals surface area (Å²) in [4.78, 5) is 10.3. The molecule has 2 aromatic rings. The van der Waals surface area contributed by atoms with Crippen LogP contribution in [0.3, 0.4) is 0 Å². The molecule has 0 saturated carbocycles. The van der Waals surface area contributed by atoms with Crippen molar-refractivity contribution < 1.29 is 9.66 Å². The lowest BCUT2D eigenvalue weighted by atomic mass is 10.1. The number of ether oxygens (including phenoxy) is 1. The van der Waals surface area contributed by atoms with Gasteiger partial charge in [0.2, 0.25) is 0 Å². The third-order valence-corrected chi connectivity index (χ3v) is 3.39. The number of halogens is 1. The van der Waals surface area contributed by atoms with Gasteiger partial charge in [0.05, 0.1) is 15.5 Å². The van der Waals surface area contributed by atoms with Crippen molar-refractivity contribution in [3.63, 3.8) is 0 Å². The van der Waals surface area contributed by atoms with Crippen LogP contribution in [0.1, 0.15) is 18.5 Å². The van der Waals surface area contributed by atoms with Crippen LogP contribution in [0.2, 0.25) is 0 Å². The summed E-state index contributed by atoms with van der Waals surface area (Å²) in [6, 6.07) is 11.6. The lowest BCUT2D eigenvalue weighted by Gasteiger charge is -2.10. The Morgan fingerprint density at radius 3 is 2.70 bits per heavy atom. The summed E-state index contributed by atoms with van der Waals surface area (Å²) in [6.45, 7) is 1.88. The summed E-state index contributed by atoms with van der Waals surface area (Å²) < 4.78 is 6.33. The highest BCUT2D eigenvalue weighted by Crippen LogP contribution is 2.33. The molecule has 2 rings (SSSR count). The van der Waals surface area contributed by atoms with Gasteiger partial charge in [-0.05, 0) is 46.6 Å². The maximum atomic E-state index is 10.8. The Kier molecular flexibility index (Phi) is 4.36. The molecule has 2 aromatic carbocycles. The minimum absolute atomic E-state index is 0.0217. The van der Waals surface area contributed by atoms with E-state index in [0.717, 1.165) is 5.56 Å². The molecular formula is C14H13BrN2O3. The number of benzene rings is 2. The zero-order valence-corrected chi connectivity index (χ0v) is 12.3. The molecule has 0 aliphatic heterocycles. The van der Waals surface area contributed by atoms with Crippen molar-refractivity contribution in [1.29, 1.82) is 0 Å². The van der Waals surface area contributed by atoms with E-state index in [2.05, 4.69) is 15.9 Å². The molecule has 6 heteroatoms. The zero-order chi connectivity index (χ0) is 14.7. The van der Waals surface area contributed by atoms with E-state index < -0.39 is 4.92 Å². The van der Waals surface area contributed by atoms with E-state index in [-0.39, 0.29) is 11.7 Å². The highest BCUT2D eigenvalue weighted by Gasteiger charge is 2.11. The first-order valence-corrected chi connectivity index (χ1v) is 6.74. The van der Waals surface area contributed by atoms with Gasteiger partial charge in [-0.15, -0.1) is 0 Å². The van der Waals surface area contributed by atoms with Crippen LogP contribution in [0, 0.1) is 10.1 Å². The molecule has 0 saturated heterocycles. The van der Waals surface area contributed by atoms with Crippen LogP contribution in [-0.4, -0.2) is 4.92 Å². The summed E-state index contributed by atoms with van der Waals surface area (Å²) in [7, 11) is 0. The van der Waals surface area contributed by atoms with Gasteiger partial charge in [0, 0.05) is 12.1 Å². The smallest absolute Gasteiger partial charge is 0.273 e. The number of nitrogens with two attached hydrogens (primary N) is 1. The van der Waals surface area contributed by atoms with Gasteiger partial charge >= 0.3 is 0 Å². The second-order valence-corrected chi connectivity index (χ2v) is 5.19. The van der Waals surface area contributed by atoms with Gasteiger partial charge in [-0.3, -0.25) is 10.1 Å². The first-order valence-electron chi connectivity index (χ1n) is 5.94. The molecule has 0 heterocycles. The van der Waals surface area contributed by atoms with Gasteiger partial charge in [-0.1, -0.05) is 12.1 Å². The van der Waals surface area contributed by atoms with Crippen LogP contribution >= 0.6 is 15.9 Å². The van der Waals surface area contributed by atoms with Crippen LogP contribution in [0.4, 0.5) is 5.69 Å². The molecule has 0 aromatic heterocycles. The van der Waals surface area contributed by atoms with Crippen molar-refractivity contribution >= 4 is 21.6 Å². The number of rotatable bonds is 4. The van der Waals surface area contributed by atoms with Crippen LogP contribution in [0.25, 0.3) is 0 Å². The number of nitrogens with zero attached hydrogens (tertiary/aromatic N) is 1. The zero-order valence-electron chi connectivity index (χ0n) is 10.7. The molecule has 0 bridgehead atoms. The predicted molar refractivity (Wildman–Crippen MR) is 79.9 cm³/mol. The maximum Gasteiger partial charge on any atom is 0.273 e. The van der Waals surface area contributed by atoms with Crippen molar-refractivity contribution in [2.45, 2.75) is 13.0 Å². The largest absolute Gasteiger partial charge is 0.456 e. The predicted octanol–water partition coefficient (Wildman–Crippen LogP) is 4.17. The fourth-order valence-electron chi connectivity index (χ4n) is 1.67. The lowest BCUT2D eigenvalue weighted by molar-refractivity contribution is -0.384. The Bertz CT molecular complexity index is 644. The van der Waals surface area contributed by atoms with Gasteiger partial charge < -0.3 is 10.5 Å². The fourth-order valence-corrected chi connectivity index (χ4v) is 2.00. The summed E-state index contributed by atoms with van der Waals surface area (Å²) in [5.41, 5.74) is 6.73. The van der Waals surface area contributed by atoms with E-state index in [0.29, 0.717) is 16.0 Å². The monoisotopic (exact) mass is 336 g/mol. The maximum absolute atomic E-state index is 10.8. The van der Waals surface area contributed by atoms with Crippen LogP contribution in [0.5, 0.6) is 11.5 Å². The summed E-state index contributed by atoms with van der Waals surface area (Å²) in [5.74, 6) is 0.974. The number of nitro groups is 1. The van der Waals surface area contributed by atoms with Crippen molar-refractivity contribution in [3.8, 4) is 11.5 Å². The molecule has 0 aliphatic rings. The minimum Gasteiger partial charge on any atom is -0.456 e. The number of nitro benzene ring substituents is 1. The Hall–Kier alpha value is -1.92. The Morgan fingerprint density at radius 1 is 1.30 bits per heavy atom. The molecular weight excluding hydrogens is 324 g/mol. The second kappa shape index (κ2) is 6.02. The number of hydrogen-bond acceptors (Lipinski definition) is 4. The topological polar surface area (TPSA) is 78.4 Å². The molecule has 0 amide bonds. The highest BCUT2D eigenvalue weighted by molar-refractivity contribution is 9.10. The molecule has 0 aliphatic carbocycles. The summed E-state index contributed by atoms with van der Waals surface area (Å²) >= 11 is 3.31. The minimum atomic E-state index is -0.461. The van der Waals surface area contributed by atoms with Gasteiger partial charge in [-0.25, -0.2) is 0 Å². The molecule has 20 heavy (non-hydrogen) atoms. The average molecular weight is 337 g/mol. The number of hydrogen-bond donors (Lipinski definition) is 1. The van der Waals surface area contributed by atoms with Crippen molar-refractivity contribution in [2.75, 3.05) is 0 Å². The summed E-state index contributed by atoms with van der Waals surface area (Å²) in [6.07, 6.45) is 0.